The minimum Gasteiger partial charge on any atom is -0.325 e. The molecule has 32 heavy (non-hydrogen) atoms. The number of benzene rings is 2. The third-order valence-corrected chi connectivity index (χ3v) is 5.59. The van der Waals surface area contributed by atoms with E-state index in [-0.39, 0.29) is 28.1 Å². The predicted octanol–water partition coefficient (Wildman–Crippen LogP) is 4.62. The van der Waals surface area contributed by atoms with Gasteiger partial charge in [0, 0.05) is 35.4 Å². The van der Waals surface area contributed by atoms with Crippen molar-refractivity contribution in [3.8, 4) is 17.1 Å². The average molecular weight is 467 g/mol. The summed E-state index contributed by atoms with van der Waals surface area (Å²) in [6.45, 7) is 0. The molecule has 0 fully saturated rings. The fraction of sp³-hybridized carbons (Fsp3) is 0.0476. The first-order valence-corrected chi connectivity index (χ1v) is 10.7. The van der Waals surface area contributed by atoms with Crippen LogP contribution in [-0.2, 0) is 4.79 Å². The molecule has 0 saturated heterocycles. The Kier molecular flexibility index (Phi) is 6.43. The highest BCUT2D eigenvalue weighted by Crippen LogP contribution is 2.29. The van der Waals surface area contributed by atoms with Crippen LogP contribution in [0.3, 0.4) is 0 Å². The topological polar surface area (TPSA) is 116 Å². The number of rotatable bonds is 7. The van der Waals surface area contributed by atoms with E-state index in [9.17, 15) is 14.9 Å². The maximum Gasteiger partial charge on any atom is 0.289 e. The van der Waals surface area contributed by atoms with Gasteiger partial charge in [-0.3, -0.25) is 24.5 Å². The van der Waals surface area contributed by atoms with E-state index in [1.165, 1.54) is 30.0 Å². The molecule has 0 radical (unpaired) electrons. The number of amides is 1. The van der Waals surface area contributed by atoms with Crippen LogP contribution in [0, 0.1) is 10.1 Å². The molecule has 2 heterocycles. The third kappa shape index (κ3) is 4.76. The van der Waals surface area contributed by atoms with E-state index in [0.717, 1.165) is 11.3 Å². The Morgan fingerprint density at radius 2 is 1.84 bits per heavy atom. The second-order valence-corrected chi connectivity index (χ2v) is 7.82. The summed E-state index contributed by atoms with van der Waals surface area (Å²) in [4.78, 5) is 27.0. The fourth-order valence-electron chi connectivity index (χ4n) is 2.92. The van der Waals surface area contributed by atoms with Gasteiger partial charge in [0.15, 0.2) is 11.0 Å². The van der Waals surface area contributed by atoms with Crippen LogP contribution >= 0.6 is 23.4 Å². The Labute approximate surface area is 191 Å². The lowest BCUT2D eigenvalue weighted by atomic mass is 10.2. The molecule has 9 nitrogen and oxygen atoms in total. The molecule has 0 aliphatic carbocycles. The van der Waals surface area contributed by atoms with Gasteiger partial charge in [0.2, 0.25) is 5.91 Å². The van der Waals surface area contributed by atoms with Crippen LogP contribution in [0.1, 0.15) is 0 Å². The number of thioether (sulfide) groups is 1. The number of halogens is 1. The molecule has 4 aromatic rings. The quantitative estimate of drug-likeness (QED) is 0.240. The number of carbonyl (C=O) groups excluding carboxylic acids is 1. The van der Waals surface area contributed by atoms with Gasteiger partial charge in [-0.1, -0.05) is 41.6 Å². The lowest BCUT2D eigenvalue weighted by molar-refractivity contribution is -0.384. The van der Waals surface area contributed by atoms with E-state index in [1.54, 1.807) is 12.4 Å². The summed E-state index contributed by atoms with van der Waals surface area (Å²) < 4.78 is 1.86. The maximum atomic E-state index is 12.5. The van der Waals surface area contributed by atoms with Crippen LogP contribution in [0.4, 0.5) is 11.4 Å². The molecule has 0 saturated carbocycles. The van der Waals surface area contributed by atoms with Gasteiger partial charge in [0.25, 0.3) is 5.69 Å². The number of carbonyl (C=O) groups is 1. The average Bonchev–Trinajstić information content (AvgIpc) is 3.24. The lowest BCUT2D eigenvalue weighted by Crippen LogP contribution is -2.14. The smallest absolute Gasteiger partial charge is 0.289 e. The molecule has 11 heteroatoms. The number of pyridine rings is 1. The number of hydrogen-bond acceptors (Lipinski definition) is 7. The van der Waals surface area contributed by atoms with Crippen molar-refractivity contribution in [3.05, 3.63) is 88.2 Å². The Bertz CT molecular complexity index is 1270. The number of nitro groups is 1. The zero-order chi connectivity index (χ0) is 22.5. The predicted molar refractivity (Wildman–Crippen MR) is 122 cm³/mol. The molecule has 0 atom stereocenters. The van der Waals surface area contributed by atoms with Crippen molar-refractivity contribution in [2.45, 2.75) is 5.16 Å². The second kappa shape index (κ2) is 9.58. The van der Waals surface area contributed by atoms with Gasteiger partial charge in [-0.25, -0.2) is 0 Å². The number of nitro benzene ring substituents is 1. The zero-order valence-corrected chi connectivity index (χ0v) is 18.0. The summed E-state index contributed by atoms with van der Waals surface area (Å²) >= 11 is 7.02. The molecule has 0 aliphatic rings. The van der Waals surface area contributed by atoms with Crippen molar-refractivity contribution in [1.82, 2.24) is 19.7 Å². The summed E-state index contributed by atoms with van der Waals surface area (Å²) in [6, 6.07) is 17.3. The van der Waals surface area contributed by atoms with Crippen molar-refractivity contribution < 1.29 is 9.72 Å². The zero-order valence-electron chi connectivity index (χ0n) is 16.4. The van der Waals surface area contributed by atoms with Gasteiger partial charge in [-0.2, -0.15) is 0 Å². The molecule has 0 spiro atoms. The van der Waals surface area contributed by atoms with Crippen molar-refractivity contribution in [3.63, 3.8) is 0 Å². The first kappa shape index (κ1) is 21.5. The second-order valence-electron chi connectivity index (χ2n) is 6.47. The molecule has 2 aromatic heterocycles. The van der Waals surface area contributed by atoms with E-state index < -0.39 is 4.92 Å². The van der Waals surface area contributed by atoms with Crippen LogP contribution in [-0.4, -0.2) is 36.3 Å². The van der Waals surface area contributed by atoms with Crippen molar-refractivity contribution in [2.24, 2.45) is 0 Å². The van der Waals surface area contributed by atoms with Gasteiger partial charge in [0.05, 0.1) is 10.7 Å². The first-order valence-electron chi connectivity index (χ1n) is 9.31. The highest BCUT2D eigenvalue weighted by atomic mass is 35.5. The molecule has 4 rings (SSSR count). The molecular weight excluding hydrogens is 452 g/mol. The highest BCUT2D eigenvalue weighted by molar-refractivity contribution is 7.99. The number of hydrogen-bond donors (Lipinski definition) is 1. The van der Waals surface area contributed by atoms with Crippen LogP contribution in [0.15, 0.2) is 78.2 Å². The minimum absolute atomic E-state index is 0.00183. The van der Waals surface area contributed by atoms with Crippen LogP contribution in [0.2, 0.25) is 5.02 Å². The standard InChI is InChI=1S/C21H15ClN6O3S/c22-17-7-6-15(12-18(17)28(30)31)24-19(29)13-32-21-26-25-20(14-8-10-23-11-9-14)27(21)16-4-2-1-3-5-16/h1-12H,13H2,(H,24,29). The molecule has 0 aliphatic heterocycles. The van der Waals surface area contributed by atoms with Gasteiger partial charge in [-0.05, 0) is 36.4 Å². The number of nitrogens with one attached hydrogen (secondary N) is 1. The maximum absolute atomic E-state index is 12.5. The fourth-order valence-corrected chi connectivity index (χ4v) is 3.86. The lowest BCUT2D eigenvalue weighted by Gasteiger charge is -2.10. The number of aromatic nitrogens is 4. The van der Waals surface area contributed by atoms with E-state index in [4.69, 9.17) is 11.6 Å². The largest absolute Gasteiger partial charge is 0.325 e. The molecular formula is C21H15ClN6O3S. The number of anilines is 1. The number of nitrogens with zero attached hydrogens (tertiary/aromatic N) is 5. The van der Waals surface area contributed by atoms with E-state index >= 15 is 0 Å². The Morgan fingerprint density at radius 1 is 1.09 bits per heavy atom. The normalized spacial score (nSPS) is 10.7. The van der Waals surface area contributed by atoms with Crippen molar-refractivity contribution in [2.75, 3.05) is 11.1 Å². The summed E-state index contributed by atoms with van der Waals surface area (Å²) in [5.41, 5.74) is 1.69. The minimum atomic E-state index is -0.601. The molecule has 1 amide bonds. The van der Waals surface area contributed by atoms with Crippen LogP contribution in [0.25, 0.3) is 17.1 Å². The van der Waals surface area contributed by atoms with E-state index in [0.29, 0.717) is 11.0 Å². The Balaban J connectivity index is 1.55. The Hall–Kier alpha value is -3.76. The molecule has 0 bridgehead atoms. The number of para-hydroxylation sites is 1. The monoisotopic (exact) mass is 466 g/mol. The van der Waals surface area contributed by atoms with Crippen LogP contribution in [0.5, 0.6) is 0 Å². The molecule has 160 valence electrons. The summed E-state index contributed by atoms with van der Waals surface area (Å²) in [5, 5.41) is 22.8. The molecule has 2 aromatic carbocycles. The highest BCUT2D eigenvalue weighted by Gasteiger charge is 2.18. The summed E-state index contributed by atoms with van der Waals surface area (Å²) in [5.74, 6) is 0.298. The van der Waals surface area contributed by atoms with Gasteiger partial charge < -0.3 is 5.32 Å². The third-order valence-electron chi connectivity index (χ3n) is 4.35. The first-order chi connectivity index (χ1) is 15.5. The summed E-state index contributed by atoms with van der Waals surface area (Å²) in [7, 11) is 0. The van der Waals surface area contributed by atoms with Gasteiger partial charge in [0.1, 0.15) is 5.02 Å². The van der Waals surface area contributed by atoms with E-state index in [1.807, 2.05) is 47.0 Å². The molecule has 1 N–H and O–H groups in total. The van der Waals surface area contributed by atoms with Gasteiger partial charge in [-0.15, -0.1) is 10.2 Å². The SMILES string of the molecule is O=C(CSc1nnc(-c2ccncc2)n1-c1ccccc1)Nc1ccc(Cl)c([N+](=O)[O-])c1. The van der Waals surface area contributed by atoms with Crippen LogP contribution < -0.4 is 5.32 Å². The summed E-state index contributed by atoms with van der Waals surface area (Å²) in [6.07, 6.45) is 3.34. The molecule has 0 unspecified atom stereocenters. The Morgan fingerprint density at radius 3 is 2.56 bits per heavy atom. The van der Waals surface area contributed by atoms with Gasteiger partial charge >= 0.3 is 0 Å². The van der Waals surface area contributed by atoms with Crippen molar-refractivity contribution >= 4 is 40.6 Å². The van der Waals surface area contributed by atoms with Crippen molar-refractivity contribution in [1.29, 1.82) is 0 Å². The van der Waals surface area contributed by atoms with E-state index in [2.05, 4.69) is 20.5 Å².